The lowest BCUT2D eigenvalue weighted by Gasteiger charge is -2.17. The van der Waals surface area contributed by atoms with Crippen LogP contribution < -0.4 is 9.47 Å². The van der Waals surface area contributed by atoms with Gasteiger partial charge in [-0.1, -0.05) is 87.4 Å². The molecular formula is C34H36F2O5S. The Labute approximate surface area is 246 Å². The molecule has 0 radical (unpaired) electrons. The zero-order chi connectivity index (χ0) is 30.1. The first-order chi connectivity index (χ1) is 20.2. The lowest BCUT2D eigenvalue weighted by atomic mass is 9.88. The molecule has 0 amide bonds. The number of hydrogen-bond donors (Lipinski definition) is 1. The summed E-state index contributed by atoms with van der Waals surface area (Å²) in [5.41, 5.74) is 10.5. The number of rotatable bonds is 11. The fraction of sp³-hybridized carbons (Fsp3) is 0.294. The Morgan fingerprint density at radius 1 is 0.714 bits per heavy atom. The molecule has 0 saturated heterocycles. The first-order valence-electron chi connectivity index (χ1n) is 14.2. The highest BCUT2D eigenvalue weighted by molar-refractivity contribution is 7.86. The molecule has 0 spiro atoms. The highest BCUT2D eigenvalue weighted by Gasteiger charge is 2.24. The van der Waals surface area contributed by atoms with Crippen LogP contribution in [0.15, 0.2) is 84.9 Å². The van der Waals surface area contributed by atoms with Crippen molar-refractivity contribution < 1.29 is 31.2 Å². The van der Waals surface area contributed by atoms with Crippen molar-refractivity contribution in [1.82, 2.24) is 0 Å². The van der Waals surface area contributed by atoms with Gasteiger partial charge in [0, 0.05) is 0 Å². The van der Waals surface area contributed by atoms with E-state index in [1.54, 1.807) is 0 Å². The largest absolute Gasteiger partial charge is 0.494 e. The van der Waals surface area contributed by atoms with Gasteiger partial charge in [0.05, 0.1) is 13.2 Å². The fourth-order valence-corrected chi connectivity index (χ4v) is 4.90. The number of alkyl halides is 2. The molecule has 0 bridgehead atoms. The van der Waals surface area contributed by atoms with Gasteiger partial charge < -0.3 is 9.47 Å². The van der Waals surface area contributed by atoms with Gasteiger partial charge in [-0.15, -0.1) is 0 Å². The first-order valence-corrected chi connectivity index (χ1v) is 15.7. The molecule has 0 unspecified atom stereocenters. The van der Waals surface area contributed by atoms with Gasteiger partial charge in [-0.05, 0) is 88.0 Å². The minimum absolute atomic E-state index is 0.768. The number of halogens is 2. The van der Waals surface area contributed by atoms with E-state index in [-0.39, 0.29) is 0 Å². The van der Waals surface area contributed by atoms with E-state index in [1.165, 1.54) is 44.5 Å². The molecule has 5 rings (SSSR count). The number of benzene rings is 4. The second-order valence-corrected chi connectivity index (χ2v) is 11.5. The number of hydrogen-bond acceptors (Lipinski definition) is 4. The SMILES string of the molecule is CCCCOc1ccc(-c2ccc3c(c2-c2ccc(OCCCC)cc2)Cc2ccccc2-3)cc1.O=S(=O)(O)C(F)F. The molecule has 0 fully saturated rings. The molecule has 5 nitrogen and oxygen atoms in total. The molecule has 4 aromatic carbocycles. The van der Waals surface area contributed by atoms with E-state index in [0.29, 0.717) is 0 Å². The van der Waals surface area contributed by atoms with Crippen LogP contribution >= 0.6 is 0 Å². The van der Waals surface area contributed by atoms with Crippen LogP contribution in [0.4, 0.5) is 8.78 Å². The van der Waals surface area contributed by atoms with E-state index < -0.39 is 15.9 Å². The van der Waals surface area contributed by atoms with Crippen LogP contribution in [-0.4, -0.2) is 31.9 Å². The van der Waals surface area contributed by atoms with Gasteiger partial charge in [0.1, 0.15) is 11.5 Å². The van der Waals surface area contributed by atoms with Gasteiger partial charge in [-0.25, -0.2) is 0 Å². The van der Waals surface area contributed by atoms with Gasteiger partial charge in [0.2, 0.25) is 0 Å². The number of unbranched alkanes of at least 4 members (excludes halogenated alkanes) is 2. The minimum Gasteiger partial charge on any atom is -0.494 e. The molecule has 0 aromatic heterocycles. The van der Waals surface area contributed by atoms with Gasteiger partial charge in [0.15, 0.2) is 0 Å². The fourth-order valence-electron chi connectivity index (χ4n) is 4.90. The van der Waals surface area contributed by atoms with E-state index in [0.717, 1.165) is 56.8 Å². The molecule has 4 aromatic rings. The third-order valence-electron chi connectivity index (χ3n) is 7.05. The quantitative estimate of drug-likeness (QED) is 0.122. The van der Waals surface area contributed by atoms with Crippen LogP contribution in [0.1, 0.15) is 50.7 Å². The number of fused-ring (bicyclic) bond motifs is 3. The van der Waals surface area contributed by atoms with Crippen LogP contribution in [0.2, 0.25) is 0 Å². The molecule has 0 saturated carbocycles. The summed E-state index contributed by atoms with van der Waals surface area (Å²) in [4.78, 5) is 0. The van der Waals surface area contributed by atoms with Crippen LogP contribution in [0.3, 0.4) is 0 Å². The van der Waals surface area contributed by atoms with Crippen LogP contribution in [-0.2, 0) is 16.5 Å². The summed E-state index contributed by atoms with van der Waals surface area (Å²) >= 11 is 0. The Kier molecular flexibility index (Phi) is 10.7. The van der Waals surface area contributed by atoms with Gasteiger partial charge >= 0.3 is 15.9 Å². The van der Waals surface area contributed by atoms with Gasteiger partial charge in [-0.3, -0.25) is 4.55 Å². The Bertz CT molecular complexity index is 1570. The highest BCUT2D eigenvalue weighted by Crippen LogP contribution is 2.46. The minimum atomic E-state index is -5.07. The van der Waals surface area contributed by atoms with E-state index in [4.69, 9.17) is 22.4 Å². The molecular weight excluding hydrogens is 558 g/mol. The van der Waals surface area contributed by atoms with E-state index in [9.17, 15) is 8.78 Å². The molecule has 42 heavy (non-hydrogen) atoms. The zero-order valence-corrected chi connectivity index (χ0v) is 24.7. The average molecular weight is 595 g/mol. The molecule has 1 aliphatic carbocycles. The Balaban J connectivity index is 0.000000517. The smallest absolute Gasteiger partial charge is 0.361 e. The Hall–Kier alpha value is -3.75. The summed E-state index contributed by atoms with van der Waals surface area (Å²) < 4.78 is 58.8. The molecule has 222 valence electrons. The van der Waals surface area contributed by atoms with Crippen molar-refractivity contribution in [3.8, 4) is 44.9 Å². The number of ether oxygens (including phenoxy) is 2. The van der Waals surface area contributed by atoms with Crippen molar-refractivity contribution in [1.29, 1.82) is 0 Å². The molecule has 0 aliphatic heterocycles. The van der Waals surface area contributed by atoms with Crippen LogP contribution in [0, 0.1) is 0 Å². The Morgan fingerprint density at radius 2 is 1.21 bits per heavy atom. The van der Waals surface area contributed by atoms with Crippen molar-refractivity contribution in [3.63, 3.8) is 0 Å². The predicted molar refractivity (Wildman–Crippen MR) is 164 cm³/mol. The maximum atomic E-state index is 10.7. The first kappa shape index (κ1) is 31.2. The summed E-state index contributed by atoms with van der Waals surface area (Å²) in [6, 6.07) is 30.6. The van der Waals surface area contributed by atoms with Gasteiger partial charge in [-0.2, -0.15) is 17.2 Å². The topological polar surface area (TPSA) is 72.8 Å². The molecule has 8 heteroatoms. The van der Waals surface area contributed by atoms with Gasteiger partial charge in [0.25, 0.3) is 0 Å². The molecule has 1 N–H and O–H groups in total. The lowest BCUT2D eigenvalue weighted by Crippen LogP contribution is -2.07. The second-order valence-electron chi connectivity index (χ2n) is 10.1. The molecule has 0 atom stereocenters. The van der Waals surface area contributed by atoms with Crippen molar-refractivity contribution in [2.75, 3.05) is 13.2 Å². The summed E-state index contributed by atoms with van der Waals surface area (Å²) in [6.07, 6.45) is 5.40. The summed E-state index contributed by atoms with van der Waals surface area (Å²) in [5.74, 6) is -1.80. The third kappa shape index (κ3) is 7.75. The normalized spacial score (nSPS) is 11.9. The Morgan fingerprint density at radius 3 is 1.74 bits per heavy atom. The standard InChI is InChI=1S/C33H34O2.CH2F2O3S/c1-3-5-21-34-27-15-11-24(12-16-27)30-19-20-31-29-10-8-7-9-26(29)23-32(31)33(30)25-13-17-28(18-14-25)35-22-6-4-2;2-1(3)7(4,5)6/h7-20H,3-6,21-23H2,1-2H3;1H,(H,4,5,6). The maximum Gasteiger partial charge on any atom is 0.361 e. The lowest BCUT2D eigenvalue weighted by molar-refractivity contribution is 0.217. The van der Waals surface area contributed by atoms with Crippen molar-refractivity contribution in [3.05, 3.63) is 96.1 Å². The van der Waals surface area contributed by atoms with E-state index in [2.05, 4.69) is 98.8 Å². The maximum absolute atomic E-state index is 10.7. The third-order valence-corrected chi connectivity index (χ3v) is 7.50. The molecule has 0 heterocycles. The highest BCUT2D eigenvalue weighted by atomic mass is 32.2. The second kappa shape index (κ2) is 14.4. The average Bonchev–Trinajstić information content (AvgIpc) is 3.36. The molecule has 1 aliphatic rings. The summed E-state index contributed by atoms with van der Waals surface area (Å²) in [6.45, 7) is 5.91. The van der Waals surface area contributed by atoms with Crippen molar-refractivity contribution >= 4 is 10.1 Å². The van der Waals surface area contributed by atoms with E-state index >= 15 is 0 Å². The van der Waals surface area contributed by atoms with Crippen molar-refractivity contribution in [2.24, 2.45) is 0 Å². The van der Waals surface area contributed by atoms with Crippen LogP contribution in [0.5, 0.6) is 11.5 Å². The zero-order valence-electron chi connectivity index (χ0n) is 23.9. The monoisotopic (exact) mass is 594 g/mol. The summed E-state index contributed by atoms with van der Waals surface area (Å²) in [7, 11) is -5.07. The predicted octanol–water partition coefficient (Wildman–Crippen LogP) is 9.05. The summed E-state index contributed by atoms with van der Waals surface area (Å²) in [5, 5.41) is 0. The van der Waals surface area contributed by atoms with Crippen molar-refractivity contribution in [2.45, 2.75) is 51.7 Å². The van der Waals surface area contributed by atoms with Crippen LogP contribution in [0.25, 0.3) is 33.4 Å². The van der Waals surface area contributed by atoms with E-state index in [1.807, 2.05) is 0 Å².